The smallest absolute Gasteiger partial charge is 0.335 e. The Morgan fingerprint density at radius 3 is 2.28 bits per heavy atom. The number of carbonyl (C=O) groups excluding carboxylic acids is 1. The highest BCUT2D eigenvalue weighted by molar-refractivity contribution is 6.07. The highest BCUT2D eigenvalue weighted by Crippen LogP contribution is 2.43. The first-order valence-corrected chi connectivity index (χ1v) is 10.4. The van der Waals surface area contributed by atoms with E-state index >= 15 is 0 Å². The second-order valence-corrected chi connectivity index (χ2v) is 8.65. The summed E-state index contributed by atoms with van der Waals surface area (Å²) in [4.78, 5) is 23.7. The second kappa shape index (κ2) is 8.04. The van der Waals surface area contributed by atoms with Crippen molar-refractivity contribution in [3.05, 3.63) is 118 Å². The molecule has 1 aliphatic carbocycles. The maximum Gasteiger partial charge on any atom is 0.335 e. The fourth-order valence-corrected chi connectivity index (χ4v) is 4.01. The minimum Gasteiger partial charge on any atom is -0.478 e. The molecule has 0 atom stereocenters. The molecule has 3 aromatic carbocycles. The monoisotopic (exact) mass is 426 g/mol. The van der Waals surface area contributed by atoms with Crippen LogP contribution in [0.3, 0.4) is 0 Å². The van der Waals surface area contributed by atoms with Crippen molar-refractivity contribution in [3.63, 3.8) is 0 Å². The van der Waals surface area contributed by atoms with Gasteiger partial charge in [0, 0.05) is 16.5 Å². The van der Waals surface area contributed by atoms with Gasteiger partial charge in [0.25, 0.3) is 0 Å². The lowest BCUT2D eigenvalue weighted by molar-refractivity contribution is 0.0696. The van der Waals surface area contributed by atoms with Gasteiger partial charge in [0.05, 0.1) is 5.56 Å². The van der Waals surface area contributed by atoms with Gasteiger partial charge in [-0.2, -0.15) is 0 Å². The first-order valence-electron chi connectivity index (χ1n) is 10.4. The normalized spacial score (nSPS) is 14.3. The van der Waals surface area contributed by atoms with Crippen LogP contribution in [0.4, 0.5) is 4.39 Å². The lowest BCUT2D eigenvalue weighted by Gasteiger charge is -2.18. The van der Waals surface area contributed by atoms with E-state index in [1.807, 2.05) is 12.1 Å². The molecule has 3 nitrogen and oxygen atoms in total. The summed E-state index contributed by atoms with van der Waals surface area (Å²) < 4.78 is 14.1. The zero-order valence-electron chi connectivity index (χ0n) is 18.1. The van der Waals surface area contributed by atoms with Gasteiger partial charge in [-0.05, 0) is 59.5 Å². The molecule has 0 spiro atoms. The van der Waals surface area contributed by atoms with E-state index < -0.39 is 11.8 Å². The van der Waals surface area contributed by atoms with Crippen LogP contribution in [0.2, 0.25) is 0 Å². The van der Waals surface area contributed by atoms with Crippen molar-refractivity contribution in [1.82, 2.24) is 0 Å². The largest absolute Gasteiger partial charge is 0.478 e. The number of hydrogen-bond donors (Lipinski definition) is 1. The Bertz CT molecular complexity index is 1290. The van der Waals surface area contributed by atoms with Crippen LogP contribution >= 0.6 is 0 Å². The number of ketones is 1. The lowest BCUT2D eigenvalue weighted by atomic mass is 9.85. The quantitative estimate of drug-likeness (QED) is 0.377. The number of aryl methyl sites for hydroxylation is 1. The number of carbonyl (C=O) groups is 2. The molecule has 0 heterocycles. The van der Waals surface area contributed by atoms with E-state index in [-0.39, 0.29) is 22.3 Å². The summed E-state index contributed by atoms with van der Waals surface area (Å²) in [6.07, 6.45) is 4.92. The Morgan fingerprint density at radius 1 is 0.938 bits per heavy atom. The molecule has 0 bridgehead atoms. The topological polar surface area (TPSA) is 54.4 Å². The highest BCUT2D eigenvalue weighted by Gasteiger charge is 2.31. The average molecular weight is 426 g/mol. The Balaban J connectivity index is 1.62. The lowest BCUT2D eigenvalue weighted by Crippen LogP contribution is -2.11. The Labute approximate surface area is 186 Å². The molecule has 0 unspecified atom stereocenters. The van der Waals surface area contributed by atoms with Crippen LogP contribution in [-0.2, 0) is 5.41 Å². The number of allylic oxidation sites excluding steroid dienone is 2. The van der Waals surface area contributed by atoms with Gasteiger partial charge in [-0.15, -0.1) is 0 Å². The fraction of sp³-hybridized carbons (Fsp3) is 0.143. The van der Waals surface area contributed by atoms with Crippen LogP contribution in [0.5, 0.6) is 0 Å². The molecule has 0 saturated carbocycles. The summed E-state index contributed by atoms with van der Waals surface area (Å²) in [7, 11) is 0. The summed E-state index contributed by atoms with van der Waals surface area (Å²) in [5.41, 5.74) is 5.99. The Morgan fingerprint density at radius 2 is 1.62 bits per heavy atom. The number of rotatable bonds is 5. The van der Waals surface area contributed by atoms with Gasteiger partial charge < -0.3 is 5.11 Å². The summed E-state index contributed by atoms with van der Waals surface area (Å²) in [6.45, 7) is 6.30. The number of halogens is 1. The van der Waals surface area contributed by atoms with Crippen LogP contribution in [0, 0.1) is 12.7 Å². The number of benzene rings is 3. The van der Waals surface area contributed by atoms with E-state index in [2.05, 4.69) is 51.1 Å². The number of hydrogen-bond acceptors (Lipinski definition) is 2. The zero-order valence-corrected chi connectivity index (χ0v) is 18.1. The molecule has 0 saturated heterocycles. The molecule has 0 aliphatic heterocycles. The van der Waals surface area contributed by atoms with Gasteiger partial charge in [0.2, 0.25) is 0 Å². The number of aromatic carboxylic acids is 1. The van der Waals surface area contributed by atoms with Crippen molar-refractivity contribution >= 4 is 23.4 Å². The molecule has 1 N–H and O–H groups in total. The fourth-order valence-electron chi connectivity index (χ4n) is 4.01. The SMILES string of the molecule is Cc1ccc(C2=CC(C)(C)c3cc(C(=O)C=Cc4ccc(C(=O)O)cc4F)ccc32)cc1. The van der Waals surface area contributed by atoms with Gasteiger partial charge in [0.15, 0.2) is 5.78 Å². The van der Waals surface area contributed by atoms with Crippen molar-refractivity contribution in [2.75, 3.05) is 0 Å². The number of carboxylic acid groups (broad SMARTS) is 1. The van der Waals surface area contributed by atoms with E-state index in [1.165, 1.54) is 29.8 Å². The minimum absolute atomic E-state index is 0.135. The first kappa shape index (κ1) is 21.4. The van der Waals surface area contributed by atoms with E-state index in [0.717, 1.165) is 28.3 Å². The van der Waals surface area contributed by atoms with Crippen LogP contribution < -0.4 is 0 Å². The highest BCUT2D eigenvalue weighted by atomic mass is 19.1. The second-order valence-electron chi connectivity index (χ2n) is 8.65. The van der Waals surface area contributed by atoms with Crippen molar-refractivity contribution in [2.45, 2.75) is 26.2 Å². The van der Waals surface area contributed by atoms with E-state index in [0.29, 0.717) is 5.56 Å². The van der Waals surface area contributed by atoms with E-state index in [1.54, 1.807) is 6.07 Å². The Hall–Kier alpha value is -3.79. The first-order chi connectivity index (χ1) is 15.2. The Kier molecular flexibility index (Phi) is 5.39. The third-order valence-corrected chi connectivity index (χ3v) is 5.82. The summed E-state index contributed by atoms with van der Waals surface area (Å²) in [5, 5.41) is 8.95. The van der Waals surface area contributed by atoms with Gasteiger partial charge in [0.1, 0.15) is 5.82 Å². The maximum absolute atomic E-state index is 14.1. The summed E-state index contributed by atoms with van der Waals surface area (Å²) >= 11 is 0. The van der Waals surface area contributed by atoms with Gasteiger partial charge >= 0.3 is 5.97 Å². The van der Waals surface area contributed by atoms with Gasteiger partial charge in [-0.1, -0.05) is 68.0 Å². The number of fused-ring (bicyclic) bond motifs is 1. The molecule has 0 amide bonds. The molecule has 160 valence electrons. The van der Waals surface area contributed by atoms with Gasteiger partial charge in [-0.25, -0.2) is 9.18 Å². The van der Waals surface area contributed by atoms with Crippen LogP contribution in [0.25, 0.3) is 11.6 Å². The molecular weight excluding hydrogens is 403 g/mol. The molecule has 1 aliphatic rings. The van der Waals surface area contributed by atoms with Crippen molar-refractivity contribution in [2.24, 2.45) is 0 Å². The summed E-state index contributed by atoms with van der Waals surface area (Å²) in [5.74, 6) is -2.13. The molecular formula is C28H23FO3. The third kappa shape index (κ3) is 4.04. The minimum atomic E-state index is -1.20. The van der Waals surface area contributed by atoms with Gasteiger partial charge in [-0.3, -0.25) is 4.79 Å². The van der Waals surface area contributed by atoms with Crippen LogP contribution in [0.1, 0.15) is 62.4 Å². The predicted octanol–water partition coefficient (Wildman–Crippen LogP) is 6.45. The molecule has 0 aromatic heterocycles. The van der Waals surface area contributed by atoms with E-state index in [9.17, 15) is 14.0 Å². The van der Waals surface area contributed by atoms with Crippen molar-refractivity contribution in [3.8, 4) is 0 Å². The molecule has 0 fully saturated rings. The van der Waals surface area contributed by atoms with Crippen molar-refractivity contribution in [1.29, 1.82) is 0 Å². The third-order valence-electron chi connectivity index (χ3n) is 5.82. The standard InChI is InChI=1S/C28H23FO3/c1-17-4-6-18(7-5-17)23-16-28(2,3)24-14-20(10-12-22(23)24)26(30)13-11-19-8-9-21(27(31)32)15-25(19)29/h4-16H,1-3H3,(H,31,32). The summed E-state index contributed by atoms with van der Waals surface area (Å²) in [6, 6.07) is 17.7. The zero-order chi connectivity index (χ0) is 23.0. The predicted molar refractivity (Wildman–Crippen MR) is 124 cm³/mol. The molecule has 4 heteroatoms. The molecule has 32 heavy (non-hydrogen) atoms. The molecule has 0 radical (unpaired) electrons. The van der Waals surface area contributed by atoms with Crippen LogP contribution in [0.15, 0.2) is 72.8 Å². The van der Waals surface area contributed by atoms with Crippen LogP contribution in [-0.4, -0.2) is 16.9 Å². The number of carboxylic acids is 1. The molecule has 3 aromatic rings. The molecule has 4 rings (SSSR count). The average Bonchev–Trinajstić information content (AvgIpc) is 3.03. The van der Waals surface area contributed by atoms with E-state index in [4.69, 9.17) is 5.11 Å². The van der Waals surface area contributed by atoms with Crippen molar-refractivity contribution < 1.29 is 19.1 Å². The maximum atomic E-state index is 14.1.